The van der Waals surface area contributed by atoms with Gasteiger partial charge >= 0.3 is 0 Å². The lowest BCUT2D eigenvalue weighted by Crippen LogP contribution is -2.47. The Morgan fingerprint density at radius 2 is 1.85 bits per heavy atom. The van der Waals surface area contributed by atoms with Crippen molar-refractivity contribution in [3.8, 4) is 0 Å². The van der Waals surface area contributed by atoms with Crippen LogP contribution in [-0.4, -0.2) is 36.5 Å². The molecule has 3 fully saturated rings. The highest BCUT2D eigenvalue weighted by molar-refractivity contribution is 5.85. The number of piperidine rings is 1. The molecule has 0 unspecified atom stereocenters. The van der Waals surface area contributed by atoms with Gasteiger partial charge in [0.2, 0.25) is 5.91 Å². The number of carbonyl (C=O) groups is 1. The molecule has 3 nitrogen and oxygen atoms in total. The minimum absolute atomic E-state index is 0. The highest BCUT2D eigenvalue weighted by atomic mass is 35.5. The number of halogens is 1. The zero-order chi connectivity index (χ0) is 13.3. The second-order valence-corrected chi connectivity index (χ2v) is 6.95. The molecule has 1 N–H and O–H groups in total. The minimum Gasteiger partial charge on any atom is -0.342 e. The Bertz CT molecular complexity index is 331. The lowest BCUT2D eigenvalue weighted by Gasteiger charge is -2.35. The van der Waals surface area contributed by atoms with Crippen LogP contribution in [0.4, 0.5) is 0 Å². The molecular formula is C16H29ClN2O. The largest absolute Gasteiger partial charge is 0.342 e. The van der Waals surface area contributed by atoms with Gasteiger partial charge in [-0.1, -0.05) is 13.3 Å². The monoisotopic (exact) mass is 300 g/mol. The van der Waals surface area contributed by atoms with Crippen LogP contribution in [0.15, 0.2) is 0 Å². The average molecular weight is 301 g/mol. The van der Waals surface area contributed by atoms with Gasteiger partial charge in [0.05, 0.1) is 0 Å². The van der Waals surface area contributed by atoms with Gasteiger partial charge in [-0.05, 0) is 57.4 Å². The van der Waals surface area contributed by atoms with Crippen LogP contribution in [-0.2, 0) is 4.79 Å². The fourth-order valence-electron chi connectivity index (χ4n) is 3.48. The Morgan fingerprint density at radius 3 is 2.35 bits per heavy atom. The lowest BCUT2D eigenvalue weighted by molar-refractivity contribution is -0.138. The number of hydrogen-bond acceptors (Lipinski definition) is 2. The quantitative estimate of drug-likeness (QED) is 0.818. The summed E-state index contributed by atoms with van der Waals surface area (Å²) in [5.41, 5.74) is 0.0724. The predicted molar refractivity (Wildman–Crippen MR) is 84.2 cm³/mol. The van der Waals surface area contributed by atoms with E-state index in [2.05, 4.69) is 17.1 Å². The van der Waals surface area contributed by atoms with Crippen molar-refractivity contribution < 1.29 is 4.79 Å². The molecule has 1 saturated heterocycles. The Kier molecular flexibility index (Phi) is 5.36. The Labute approximate surface area is 129 Å². The Balaban J connectivity index is 0.00000147. The Hall–Kier alpha value is -0.280. The summed E-state index contributed by atoms with van der Waals surface area (Å²) in [6, 6.07) is 0.658. The van der Waals surface area contributed by atoms with Gasteiger partial charge in [-0.15, -0.1) is 12.4 Å². The molecular weight excluding hydrogens is 272 g/mol. The summed E-state index contributed by atoms with van der Waals surface area (Å²) in [5, 5.41) is 3.68. The molecule has 0 aromatic rings. The van der Waals surface area contributed by atoms with E-state index in [0.717, 1.165) is 57.5 Å². The van der Waals surface area contributed by atoms with Crippen molar-refractivity contribution in [3.05, 3.63) is 0 Å². The van der Waals surface area contributed by atoms with Crippen LogP contribution in [0.25, 0.3) is 0 Å². The maximum atomic E-state index is 12.6. The first-order valence-electron chi connectivity index (χ1n) is 8.26. The van der Waals surface area contributed by atoms with Gasteiger partial charge in [-0.2, -0.15) is 0 Å². The van der Waals surface area contributed by atoms with Crippen LogP contribution in [0, 0.1) is 11.3 Å². The van der Waals surface area contributed by atoms with Gasteiger partial charge in [0.15, 0.2) is 0 Å². The van der Waals surface area contributed by atoms with Crippen LogP contribution in [0.5, 0.6) is 0 Å². The second kappa shape index (κ2) is 6.65. The average Bonchev–Trinajstić information content (AvgIpc) is 3.32. The number of carbonyl (C=O) groups excluding carboxylic acids is 1. The number of rotatable bonds is 6. The first-order valence-corrected chi connectivity index (χ1v) is 8.26. The molecule has 0 aromatic heterocycles. The third-order valence-corrected chi connectivity index (χ3v) is 5.21. The molecule has 3 aliphatic rings. The molecule has 0 atom stereocenters. The van der Waals surface area contributed by atoms with Crippen LogP contribution in [0.1, 0.15) is 58.3 Å². The molecule has 1 amide bonds. The van der Waals surface area contributed by atoms with E-state index in [-0.39, 0.29) is 17.8 Å². The van der Waals surface area contributed by atoms with E-state index in [1.54, 1.807) is 0 Å². The molecule has 20 heavy (non-hydrogen) atoms. The second-order valence-electron chi connectivity index (χ2n) is 6.95. The van der Waals surface area contributed by atoms with Gasteiger partial charge in [0.25, 0.3) is 0 Å². The van der Waals surface area contributed by atoms with Crippen molar-refractivity contribution in [2.24, 2.45) is 11.3 Å². The van der Waals surface area contributed by atoms with E-state index in [0.29, 0.717) is 11.9 Å². The maximum Gasteiger partial charge on any atom is 0.228 e. The zero-order valence-electron chi connectivity index (χ0n) is 12.7. The van der Waals surface area contributed by atoms with Crippen molar-refractivity contribution in [1.29, 1.82) is 0 Å². The van der Waals surface area contributed by atoms with Crippen molar-refractivity contribution in [2.75, 3.05) is 19.6 Å². The van der Waals surface area contributed by atoms with Crippen molar-refractivity contribution in [2.45, 2.75) is 64.3 Å². The van der Waals surface area contributed by atoms with E-state index in [1.807, 2.05) is 0 Å². The topological polar surface area (TPSA) is 32.3 Å². The van der Waals surface area contributed by atoms with Gasteiger partial charge in [-0.25, -0.2) is 0 Å². The highest BCUT2D eigenvalue weighted by Crippen LogP contribution is 2.51. The third-order valence-electron chi connectivity index (χ3n) is 5.21. The molecule has 1 heterocycles. The van der Waals surface area contributed by atoms with E-state index in [4.69, 9.17) is 0 Å². The fourth-order valence-corrected chi connectivity index (χ4v) is 3.48. The zero-order valence-corrected chi connectivity index (χ0v) is 13.5. The highest BCUT2D eigenvalue weighted by Gasteiger charge is 2.50. The maximum absolute atomic E-state index is 12.6. The van der Waals surface area contributed by atoms with Crippen LogP contribution < -0.4 is 5.32 Å². The minimum atomic E-state index is 0. The first-order chi connectivity index (χ1) is 9.23. The smallest absolute Gasteiger partial charge is 0.228 e. The normalized spacial score (nSPS) is 25.1. The SMILES string of the molecule is CCCC1(C(=O)N2CCC(NCC3CC3)CC2)CC1.Cl. The van der Waals surface area contributed by atoms with Crippen molar-refractivity contribution >= 4 is 18.3 Å². The molecule has 2 saturated carbocycles. The molecule has 1 aliphatic heterocycles. The summed E-state index contributed by atoms with van der Waals surface area (Å²) in [5.74, 6) is 1.42. The molecule has 0 radical (unpaired) electrons. The molecule has 0 spiro atoms. The number of nitrogens with one attached hydrogen (secondary N) is 1. The molecule has 0 bridgehead atoms. The summed E-state index contributed by atoms with van der Waals surface area (Å²) >= 11 is 0. The van der Waals surface area contributed by atoms with E-state index in [9.17, 15) is 4.79 Å². The third kappa shape index (κ3) is 3.67. The molecule has 4 heteroatoms. The van der Waals surface area contributed by atoms with Gasteiger partial charge in [0, 0.05) is 24.5 Å². The molecule has 3 rings (SSSR count). The number of likely N-dealkylation sites (tertiary alicyclic amines) is 1. The van der Waals surface area contributed by atoms with E-state index >= 15 is 0 Å². The van der Waals surface area contributed by atoms with E-state index in [1.165, 1.54) is 19.4 Å². The standard InChI is InChI=1S/C16H28N2O.ClH/c1-2-7-16(8-9-16)15(19)18-10-5-14(6-11-18)17-12-13-3-4-13;/h13-14,17H,2-12H2,1H3;1H. The first kappa shape index (κ1) is 16.1. The number of nitrogens with zero attached hydrogens (tertiary/aromatic N) is 1. The Morgan fingerprint density at radius 1 is 1.20 bits per heavy atom. The van der Waals surface area contributed by atoms with Gasteiger partial charge in [-0.3, -0.25) is 4.79 Å². The van der Waals surface area contributed by atoms with Crippen LogP contribution >= 0.6 is 12.4 Å². The number of amides is 1. The summed E-state index contributed by atoms with van der Waals surface area (Å²) in [6.07, 6.45) is 9.67. The lowest BCUT2D eigenvalue weighted by atomic mass is 9.96. The summed E-state index contributed by atoms with van der Waals surface area (Å²) in [6.45, 7) is 5.36. The van der Waals surface area contributed by atoms with Crippen molar-refractivity contribution in [1.82, 2.24) is 10.2 Å². The molecule has 116 valence electrons. The predicted octanol–water partition coefficient (Wildman–Crippen LogP) is 2.98. The van der Waals surface area contributed by atoms with Crippen molar-refractivity contribution in [3.63, 3.8) is 0 Å². The fraction of sp³-hybridized carbons (Fsp3) is 0.938. The van der Waals surface area contributed by atoms with Crippen LogP contribution in [0.3, 0.4) is 0 Å². The summed E-state index contributed by atoms with van der Waals surface area (Å²) in [7, 11) is 0. The molecule has 0 aromatic carbocycles. The van der Waals surface area contributed by atoms with Gasteiger partial charge < -0.3 is 10.2 Å². The van der Waals surface area contributed by atoms with E-state index < -0.39 is 0 Å². The number of hydrogen-bond donors (Lipinski definition) is 1. The molecule has 2 aliphatic carbocycles. The van der Waals surface area contributed by atoms with Gasteiger partial charge in [0.1, 0.15) is 0 Å². The summed E-state index contributed by atoms with van der Waals surface area (Å²) in [4.78, 5) is 14.7. The summed E-state index contributed by atoms with van der Waals surface area (Å²) < 4.78 is 0. The van der Waals surface area contributed by atoms with Crippen LogP contribution in [0.2, 0.25) is 0 Å².